The first-order valence-electron chi connectivity index (χ1n) is 11.1. The van der Waals surface area contributed by atoms with Gasteiger partial charge in [-0.05, 0) is 25.1 Å². The van der Waals surface area contributed by atoms with Gasteiger partial charge in [0.2, 0.25) is 0 Å². The second-order valence-electron chi connectivity index (χ2n) is 7.81. The Morgan fingerprint density at radius 3 is 2.47 bits per heavy atom. The largest absolute Gasteiger partial charge is 0.357 e. The molecular formula is C22H36N8. The predicted molar refractivity (Wildman–Crippen MR) is 121 cm³/mol. The molecule has 0 amide bonds. The molecule has 0 atom stereocenters. The third-order valence-corrected chi connectivity index (χ3v) is 5.45. The fraction of sp³-hybridized carbons (Fsp3) is 0.591. The minimum Gasteiger partial charge on any atom is -0.357 e. The summed E-state index contributed by atoms with van der Waals surface area (Å²) in [4.78, 5) is 9.66. The molecule has 0 radical (unpaired) electrons. The zero-order chi connectivity index (χ0) is 21.2. The Bertz CT molecular complexity index is 775. The molecule has 1 aromatic heterocycles. The Morgan fingerprint density at radius 2 is 1.77 bits per heavy atom. The van der Waals surface area contributed by atoms with Crippen LogP contribution in [-0.4, -0.2) is 76.8 Å². The maximum absolute atomic E-state index is 4.74. The van der Waals surface area contributed by atoms with Crippen molar-refractivity contribution in [1.29, 1.82) is 0 Å². The molecule has 2 N–H and O–H groups in total. The highest BCUT2D eigenvalue weighted by molar-refractivity contribution is 5.79. The van der Waals surface area contributed by atoms with Crippen LogP contribution in [0.3, 0.4) is 0 Å². The van der Waals surface area contributed by atoms with Crippen LogP contribution in [0, 0.1) is 0 Å². The average molecular weight is 413 g/mol. The molecule has 164 valence electrons. The molecular weight excluding hydrogens is 376 g/mol. The summed E-state index contributed by atoms with van der Waals surface area (Å²) in [7, 11) is 2.19. The van der Waals surface area contributed by atoms with Crippen molar-refractivity contribution in [3.8, 4) is 0 Å². The summed E-state index contributed by atoms with van der Waals surface area (Å²) < 4.78 is 2.08. The number of guanidine groups is 1. The average Bonchev–Trinajstić information content (AvgIpc) is 3.22. The Hall–Kier alpha value is -2.45. The Balaban J connectivity index is 1.47. The lowest BCUT2D eigenvalue weighted by Gasteiger charge is -2.32. The SMILES string of the molecule is CCNC(=NCc1ccc(CN2CCN(C)CC2)cc1)NCCn1cnnc1CC. The molecule has 0 aliphatic carbocycles. The van der Waals surface area contributed by atoms with Crippen molar-refractivity contribution in [3.63, 3.8) is 0 Å². The quantitative estimate of drug-likeness (QED) is 0.478. The summed E-state index contributed by atoms with van der Waals surface area (Å²) in [5.41, 5.74) is 2.60. The monoisotopic (exact) mass is 412 g/mol. The maximum atomic E-state index is 4.74. The van der Waals surface area contributed by atoms with Gasteiger partial charge >= 0.3 is 0 Å². The molecule has 0 unspecified atom stereocenters. The highest BCUT2D eigenvalue weighted by Crippen LogP contribution is 2.10. The predicted octanol–water partition coefficient (Wildman–Crippen LogP) is 1.34. The third-order valence-electron chi connectivity index (χ3n) is 5.45. The van der Waals surface area contributed by atoms with Gasteiger partial charge in [-0.2, -0.15) is 0 Å². The van der Waals surface area contributed by atoms with E-state index < -0.39 is 0 Å². The van der Waals surface area contributed by atoms with Crippen molar-refractivity contribution < 1.29 is 0 Å². The van der Waals surface area contributed by atoms with Crippen LogP contribution in [0.2, 0.25) is 0 Å². The molecule has 2 aromatic rings. The molecule has 30 heavy (non-hydrogen) atoms. The van der Waals surface area contributed by atoms with Crippen LogP contribution in [0.15, 0.2) is 35.6 Å². The van der Waals surface area contributed by atoms with Crippen LogP contribution < -0.4 is 10.6 Å². The summed E-state index contributed by atoms with van der Waals surface area (Å²) in [6.07, 6.45) is 2.67. The summed E-state index contributed by atoms with van der Waals surface area (Å²) in [6.45, 7) is 12.9. The van der Waals surface area contributed by atoms with Gasteiger partial charge in [-0.15, -0.1) is 10.2 Å². The zero-order valence-corrected chi connectivity index (χ0v) is 18.6. The number of rotatable bonds is 9. The fourth-order valence-electron chi connectivity index (χ4n) is 3.56. The molecule has 1 fully saturated rings. The van der Waals surface area contributed by atoms with Crippen LogP contribution in [-0.2, 0) is 26.1 Å². The molecule has 2 heterocycles. The molecule has 1 aliphatic rings. The van der Waals surface area contributed by atoms with E-state index in [-0.39, 0.29) is 0 Å². The van der Waals surface area contributed by atoms with Gasteiger partial charge in [0.25, 0.3) is 0 Å². The first-order chi connectivity index (χ1) is 14.7. The zero-order valence-electron chi connectivity index (χ0n) is 18.6. The lowest BCUT2D eigenvalue weighted by molar-refractivity contribution is 0.148. The fourth-order valence-corrected chi connectivity index (χ4v) is 3.56. The summed E-state index contributed by atoms with van der Waals surface area (Å²) in [6, 6.07) is 8.87. The van der Waals surface area contributed by atoms with Crippen LogP contribution in [0.1, 0.15) is 30.8 Å². The van der Waals surface area contributed by atoms with Crippen molar-refractivity contribution in [3.05, 3.63) is 47.5 Å². The van der Waals surface area contributed by atoms with Crippen molar-refractivity contribution in [2.45, 2.75) is 39.9 Å². The second kappa shape index (κ2) is 11.7. The van der Waals surface area contributed by atoms with E-state index in [1.165, 1.54) is 11.1 Å². The number of hydrogen-bond acceptors (Lipinski definition) is 5. The number of aryl methyl sites for hydroxylation is 1. The minimum atomic E-state index is 0.664. The molecule has 0 saturated carbocycles. The lowest BCUT2D eigenvalue weighted by atomic mass is 10.1. The van der Waals surface area contributed by atoms with E-state index in [0.717, 1.165) is 70.6 Å². The Labute approximate surface area is 180 Å². The van der Waals surface area contributed by atoms with E-state index in [0.29, 0.717) is 6.54 Å². The molecule has 0 spiro atoms. The smallest absolute Gasteiger partial charge is 0.191 e. The molecule has 1 saturated heterocycles. The maximum Gasteiger partial charge on any atom is 0.191 e. The van der Waals surface area contributed by atoms with Gasteiger partial charge in [0.05, 0.1) is 6.54 Å². The van der Waals surface area contributed by atoms with E-state index in [1.54, 1.807) is 6.33 Å². The molecule has 1 aromatic carbocycles. The number of likely N-dealkylation sites (N-methyl/N-ethyl adjacent to an activating group) is 1. The van der Waals surface area contributed by atoms with E-state index >= 15 is 0 Å². The van der Waals surface area contributed by atoms with Crippen LogP contribution in [0.5, 0.6) is 0 Å². The van der Waals surface area contributed by atoms with Gasteiger partial charge < -0.3 is 20.1 Å². The van der Waals surface area contributed by atoms with Gasteiger partial charge in [0, 0.05) is 58.8 Å². The number of nitrogens with zero attached hydrogens (tertiary/aromatic N) is 6. The van der Waals surface area contributed by atoms with Crippen molar-refractivity contribution in [1.82, 2.24) is 35.2 Å². The number of benzene rings is 1. The Kier molecular flexibility index (Phi) is 8.65. The summed E-state index contributed by atoms with van der Waals surface area (Å²) >= 11 is 0. The molecule has 8 nitrogen and oxygen atoms in total. The van der Waals surface area contributed by atoms with Crippen molar-refractivity contribution in [2.75, 3.05) is 46.3 Å². The molecule has 3 rings (SSSR count). The van der Waals surface area contributed by atoms with Crippen molar-refractivity contribution in [2.24, 2.45) is 4.99 Å². The van der Waals surface area contributed by atoms with Crippen LogP contribution in [0.4, 0.5) is 0 Å². The Morgan fingerprint density at radius 1 is 1.03 bits per heavy atom. The van der Waals surface area contributed by atoms with E-state index in [2.05, 4.69) is 80.4 Å². The van der Waals surface area contributed by atoms with Crippen LogP contribution >= 0.6 is 0 Å². The van der Waals surface area contributed by atoms with Gasteiger partial charge in [0.15, 0.2) is 5.96 Å². The molecule has 8 heteroatoms. The molecule has 0 bridgehead atoms. The number of hydrogen-bond donors (Lipinski definition) is 2. The number of nitrogens with one attached hydrogen (secondary N) is 2. The van der Waals surface area contributed by atoms with E-state index in [4.69, 9.17) is 4.99 Å². The topological polar surface area (TPSA) is 73.6 Å². The van der Waals surface area contributed by atoms with Gasteiger partial charge in [-0.25, -0.2) is 4.99 Å². The number of piperazine rings is 1. The standard InChI is InChI=1S/C22H36N8/c1-4-21-27-26-18-30(21)11-10-24-22(23-5-2)25-16-19-6-8-20(9-7-19)17-29-14-12-28(3)13-15-29/h6-9,18H,4-5,10-17H2,1-3H3,(H2,23,24,25). The molecule has 1 aliphatic heterocycles. The highest BCUT2D eigenvalue weighted by atomic mass is 15.3. The summed E-state index contributed by atoms with van der Waals surface area (Å²) in [5.74, 6) is 1.85. The van der Waals surface area contributed by atoms with Gasteiger partial charge in [-0.3, -0.25) is 4.90 Å². The van der Waals surface area contributed by atoms with E-state index in [1.807, 2.05) is 0 Å². The van der Waals surface area contributed by atoms with Crippen molar-refractivity contribution >= 4 is 5.96 Å². The lowest BCUT2D eigenvalue weighted by Crippen LogP contribution is -2.43. The minimum absolute atomic E-state index is 0.664. The normalized spacial score (nSPS) is 16.0. The van der Waals surface area contributed by atoms with Crippen LogP contribution in [0.25, 0.3) is 0 Å². The number of aliphatic imine (C=N–C) groups is 1. The first kappa shape index (κ1) is 22.2. The van der Waals surface area contributed by atoms with E-state index in [9.17, 15) is 0 Å². The third kappa shape index (κ3) is 6.81. The first-order valence-corrected chi connectivity index (χ1v) is 11.1. The second-order valence-corrected chi connectivity index (χ2v) is 7.81. The number of aromatic nitrogens is 3. The highest BCUT2D eigenvalue weighted by Gasteiger charge is 2.13. The van der Waals surface area contributed by atoms with Gasteiger partial charge in [-0.1, -0.05) is 31.2 Å². The summed E-state index contributed by atoms with van der Waals surface area (Å²) in [5, 5.41) is 14.8. The van der Waals surface area contributed by atoms with Gasteiger partial charge in [0.1, 0.15) is 12.2 Å².